The summed E-state index contributed by atoms with van der Waals surface area (Å²) in [6.07, 6.45) is 41.0. The topological polar surface area (TPSA) is 311 Å². The van der Waals surface area contributed by atoms with Gasteiger partial charge in [-0.25, -0.2) is 4.79 Å². The first-order chi connectivity index (χ1) is 47.9. The largest absolute Gasteiger partial charge is 0.449 e. The first kappa shape index (κ1) is 93.3. The molecule has 0 radical (unpaired) electrons. The zero-order valence-electron chi connectivity index (χ0n) is 63.6. The van der Waals surface area contributed by atoms with Crippen molar-refractivity contribution < 1.29 is 77.6 Å². The number of rotatable bonds is 69. The second kappa shape index (κ2) is 62.8. The molecule has 0 aliphatic carbocycles. The zero-order valence-corrected chi connectivity index (χ0v) is 63.6. The number of carbonyl (C=O) groups is 6. The molecule has 1 heterocycles. The molecular weight excluding hydrogens is 1260 g/mol. The molecule has 0 aromatic heterocycles. The second-order valence-corrected chi connectivity index (χ2v) is 28.6. The Bertz CT molecular complexity index is 1990. The van der Waals surface area contributed by atoms with E-state index >= 15 is 0 Å². The van der Waals surface area contributed by atoms with Gasteiger partial charge >= 0.3 is 6.09 Å². The molecule has 0 aromatic rings. The minimum Gasteiger partial charge on any atom is -0.449 e. The number of nitrogens with one attached hydrogen (secondary N) is 6. The van der Waals surface area contributed by atoms with Crippen LogP contribution in [0, 0.1) is 11.8 Å². The van der Waals surface area contributed by atoms with E-state index in [0.29, 0.717) is 78.0 Å². The number of aliphatic hydroxyl groups is 4. The fourth-order valence-corrected chi connectivity index (χ4v) is 12.8. The van der Waals surface area contributed by atoms with Gasteiger partial charge in [-0.15, -0.1) is 0 Å². The molecular formula is C77H148N6O16. The van der Waals surface area contributed by atoms with Crippen molar-refractivity contribution in [3.05, 3.63) is 0 Å². The van der Waals surface area contributed by atoms with Gasteiger partial charge < -0.3 is 80.7 Å². The predicted molar refractivity (Wildman–Crippen MR) is 393 cm³/mol. The number of unbranched alkanes of at least 4 members (excludes halogenated alkanes) is 25. The van der Waals surface area contributed by atoms with Gasteiger partial charge in [0.05, 0.1) is 56.8 Å². The Morgan fingerprint density at radius 2 is 0.859 bits per heavy atom. The van der Waals surface area contributed by atoms with Crippen molar-refractivity contribution in [1.29, 1.82) is 0 Å². The summed E-state index contributed by atoms with van der Waals surface area (Å²) in [4.78, 5) is 74.0. The predicted octanol–water partition coefficient (Wildman–Crippen LogP) is 12.4. The molecule has 0 bridgehead atoms. The average molecular weight is 1410 g/mol. The summed E-state index contributed by atoms with van der Waals surface area (Å²) in [5, 5.41) is 54.6. The van der Waals surface area contributed by atoms with Crippen LogP contribution in [-0.2, 0) is 52.4 Å². The first-order valence-corrected chi connectivity index (χ1v) is 39.9. The third kappa shape index (κ3) is 52.0. The van der Waals surface area contributed by atoms with Gasteiger partial charge in [-0.2, -0.15) is 0 Å². The van der Waals surface area contributed by atoms with Crippen LogP contribution in [0.15, 0.2) is 0 Å². The average Bonchev–Trinajstić information content (AvgIpc) is 0.867. The van der Waals surface area contributed by atoms with Crippen LogP contribution in [0.2, 0.25) is 0 Å². The lowest BCUT2D eigenvalue weighted by Crippen LogP contribution is -2.57. The molecule has 99 heavy (non-hydrogen) atoms. The van der Waals surface area contributed by atoms with E-state index in [-0.39, 0.29) is 57.6 Å². The van der Waals surface area contributed by atoms with Crippen molar-refractivity contribution in [3.63, 3.8) is 0 Å². The van der Waals surface area contributed by atoms with E-state index in [4.69, 9.17) is 33.5 Å². The SMILES string of the molecule is CCCCCCCCC(CCCCCCCCCOCCCOC(=O)NCCCCCC(=O)NCCC(C)(C)OCCC(CC)(CC)OCCNC(=O)CNC(=O)CNC(=O)CNC(=O)CCCCOC1OC(C)C(O)C(O)C1O)C(CCCCCC)CCCCCCCCCCCO. The molecule has 1 saturated heterocycles. The Morgan fingerprint density at radius 1 is 0.414 bits per heavy atom. The van der Waals surface area contributed by atoms with Crippen molar-refractivity contribution in [2.24, 2.45) is 11.8 Å². The van der Waals surface area contributed by atoms with Crippen molar-refractivity contribution in [2.75, 3.05) is 85.5 Å². The van der Waals surface area contributed by atoms with E-state index < -0.39 is 65.7 Å². The van der Waals surface area contributed by atoms with Gasteiger partial charge in [-0.1, -0.05) is 214 Å². The number of amides is 6. The van der Waals surface area contributed by atoms with Gasteiger partial charge in [0.15, 0.2) is 6.29 Å². The molecule has 582 valence electrons. The Morgan fingerprint density at radius 3 is 1.40 bits per heavy atom. The first-order valence-electron chi connectivity index (χ1n) is 39.9. The summed E-state index contributed by atoms with van der Waals surface area (Å²) in [5.41, 5.74) is -0.953. The Labute approximate surface area is 600 Å². The van der Waals surface area contributed by atoms with Crippen LogP contribution in [0.25, 0.3) is 0 Å². The van der Waals surface area contributed by atoms with E-state index in [1.54, 1.807) is 6.92 Å². The molecule has 6 amide bonds. The summed E-state index contributed by atoms with van der Waals surface area (Å²) in [6, 6.07) is 0. The third-order valence-corrected chi connectivity index (χ3v) is 19.6. The maximum atomic E-state index is 12.6. The molecule has 0 aromatic carbocycles. The molecule has 1 aliphatic heterocycles. The van der Waals surface area contributed by atoms with Crippen molar-refractivity contribution >= 4 is 35.6 Å². The Hall–Kier alpha value is -3.74. The quantitative estimate of drug-likeness (QED) is 0.0253. The fourth-order valence-electron chi connectivity index (χ4n) is 12.8. The van der Waals surface area contributed by atoms with E-state index in [1.165, 1.54) is 180 Å². The van der Waals surface area contributed by atoms with Crippen molar-refractivity contribution in [3.8, 4) is 0 Å². The van der Waals surface area contributed by atoms with Crippen molar-refractivity contribution in [1.82, 2.24) is 31.9 Å². The van der Waals surface area contributed by atoms with Gasteiger partial charge in [0.2, 0.25) is 29.5 Å². The molecule has 1 aliphatic rings. The molecule has 22 nitrogen and oxygen atoms in total. The smallest absolute Gasteiger partial charge is 0.407 e. The summed E-state index contributed by atoms with van der Waals surface area (Å²) >= 11 is 0. The molecule has 1 rings (SSSR count). The molecule has 7 atom stereocenters. The lowest BCUT2D eigenvalue weighted by molar-refractivity contribution is -0.293. The molecule has 22 heteroatoms. The Balaban J connectivity index is 2.14. The monoisotopic (exact) mass is 1410 g/mol. The van der Waals surface area contributed by atoms with Gasteiger partial charge in [0, 0.05) is 65.3 Å². The van der Waals surface area contributed by atoms with E-state index in [2.05, 4.69) is 45.7 Å². The maximum Gasteiger partial charge on any atom is 0.407 e. The van der Waals surface area contributed by atoms with Crippen LogP contribution in [-0.4, -0.2) is 183 Å². The van der Waals surface area contributed by atoms with Gasteiger partial charge in [-0.05, 0) is 96.8 Å². The van der Waals surface area contributed by atoms with Crippen LogP contribution in [0.5, 0.6) is 0 Å². The van der Waals surface area contributed by atoms with E-state index in [9.17, 15) is 44.1 Å². The number of carbonyl (C=O) groups excluding carboxylic acids is 6. The zero-order chi connectivity index (χ0) is 72.9. The lowest BCUT2D eigenvalue weighted by atomic mass is 9.78. The van der Waals surface area contributed by atoms with Gasteiger partial charge in [-0.3, -0.25) is 24.0 Å². The highest BCUT2D eigenvalue weighted by Crippen LogP contribution is 2.34. The van der Waals surface area contributed by atoms with Crippen LogP contribution in [0.3, 0.4) is 0 Å². The minimum atomic E-state index is -1.41. The van der Waals surface area contributed by atoms with Crippen LogP contribution in [0.4, 0.5) is 4.79 Å². The van der Waals surface area contributed by atoms with E-state index in [0.717, 1.165) is 63.4 Å². The fraction of sp³-hybridized carbons (Fsp3) is 0.922. The lowest BCUT2D eigenvalue weighted by Gasteiger charge is -2.38. The summed E-state index contributed by atoms with van der Waals surface area (Å²) in [5.74, 6) is -0.172. The van der Waals surface area contributed by atoms with Gasteiger partial charge in [0.1, 0.15) is 18.3 Å². The third-order valence-electron chi connectivity index (χ3n) is 19.6. The number of aliphatic hydroxyl groups excluding tert-OH is 4. The molecule has 0 saturated carbocycles. The minimum absolute atomic E-state index is 0.0156. The van der Waals surface area contributed by atoms with Crippen LogP contribution >= 0.6 is 0 Å². The Kier molecular flexibility index (Phi) is 59.2. The van der Waals surface area contributed by atoms with Crippen molar-refractivity contribution in [2.45, 2.75) is 360 Å². The second-order valence-electron chi connectivity index (χ2n) is 28.6. The summed E-state index contributed by atoms with van der Waals surface area (Å²) in [6.45, 7) is 17.3. The normalized spacial score (nSPS) is 17.0. The number of hydrogen-bond donors (Lipinski definition) is 10. The molecule has 0 spiro atoms. The van der Waals surface area contributed by atoms with Crippen LogP contribution < -0.4 is 31.9 Å². The summed E-state index contributed by atoms with van der Waals surface area (Å²) in [7, 11) is 0. The number of alkyl carbamates (subject to hydrolysis) is 1. The standard InChI is InChI=1S/C77H148N6O16/c1-8-12-14-16-25-32-43-65(64(42-31-15-13-9-2)44-33-26-21-18-17-19-23-28-38-53-84)45-34-27-22-20-24-29-39-54-94-55-41-57-96-75(93)80-50-37-30-35-46-66(85)78-51-48-76(6,7)97-58-49-77(10-3,11-4)98-59-52-79-68(87)60-82-70(89)62-83-69(88)61-81-67(86)47-36-40-56-95-74-73(92)72(91)71(90)63(5)99-74/h63-65,71-74,84,90-92H,8-62H2,1-7H3,(H,78,85)(H,79,87)(H,80,93)(H,81,86)(H,82,89)(H,83,88). The highest BCUT2D eigenvalue weighted by molar-refractivity contribution is 5.90. The maximum absolute atomic E-state index is 12.6. The number of hydrogen-bond acceptors (Lipinski definition) is 16. The van der Waals surface area contributed by atoms with Crippen LogP contribution in [0.1, 0.15) is 318 Å². The van der Waals surface area contributed by atoms with Gasteiger partial charge in [0.25, 0.3) is 0 Å². The summed E-state index contributed by atoms with van der Waals surface area (Å²) < 4.78 is 34.6. The molecule has 10 N–H and O–H groups in total. The number of ether oxygens (including phenoxy) is 6. The van der Waals surface area contributed by atoms with E-state index in [1.807, 2.05) is 27.7 Å². The molecule has 7 unspecified atom stereocenters. The highest BCUT2D eigenvalue weighted by atomic mass is 16.7. The molecule has 1 fully saturated rings. The highest BCUT2D eigenvalue weighted by Gasteiger charge is 2.42.